The molecule has 2 aromatic heterocycles. The van der Waals surface area contributed by atoms with Crippen molar-refractivity contribution in [2.24, 2.45) is 0 Å². The second-order valence-electron chi connectivity index (χ2n) is 6.17. The van der Waals surface area contributed by atoms with Gasteiger partial charge in [-0.2, -0.15) is 5.26 Å². The minimum Gasteiger partial charge on any atom is -0.294 e. The molecule has 0 radical (unpaired) electrons. The van der Waals surface area contributed by atoms with Crippen molar-refractivity contribution in [3.05, 3.63) is 87.0 Å². The van der Waals surface area contributed by atoms with Gasteiger partial charge in [0.1, 0.15) is 10.6 Å². The third kappa shape index (κ3) is 3.03. The van der Waals surface area contributed by atoms with E-state index >= 15 is 0 Å². The van der Waals surface area contributed by atoms with Gasteiger partial charge >= 0.3 is 0 Å². The monoisotopic (exact) mass is 375 g/mol. The van der Waals surface area contributed by atoms with Gasteiger partial charge in [-0.25, -0.2) is 9.37 Å². The van der Waals surface area contributed by atoms with E-state index in [1.165, 1.54) is 34.4 Å². The van der Waals surface area contributed by atoms with E-state index in [9.17, 15) is 14.4 Å². The molecule has 4 aromatic rings. The number of hydrogen-bond acceptors (Lipinski definition) is 4. The predicted octanol–water partition coefficient (Wildman–Crippen LogP) is 4.49. The molecule has 0 saturated carbocycles. The topological polar surface area (TPSA) is 58.7 Å². The Morgan fingerprint density at radius 2 is 1.93 bits per heavy atom. The zero-order chi connectivity index (χ0) is 19.0. The average molecular weight is 375 g/mol. The van der Waals surface area contributed by atoms with Crippen LogP contribution in [-0.4, -0.2) is 9.55 Å². The lowest BCUT2D eigenvalue weighted by molar-refractivity contribution is 0.628. The van der Waals surface area contributed by atoms with Crippen LogP contribution in [-0.2, 0) is 6.54 Å². The summed E-state index contributed by atoms with van der Waals surface area (Å²) in [5, 5.41) is 9.80. The summed E-state index contributed by atoms with van der Waals surface area (Å²) in [5.74, 6) is -0.320. The molecule has 0 aliphatic heterocycles. The number of hydrogen-bond donors (Lipinski definition) is 0. The molecule has 4 rings (SSSR count). The van der Waals surface area contributed by atoms with Crippen molar-refractivity contribution in [3.8, 4) is 17.2 Å². The second kappa shape index (κ2) is 6.78. The zero-order valence-electron chi connectivity index (χ0n) is 14.4. The van der Waals surface area contributed by atoms with Crippen LogP contribution >= 0.6 is 11.3 Å². The van der Waals surface area contributed by atoms with Crippen molar-refractivity contribution in [3.63, 3.8) is 0 Å². The molecule has 2 heterocycles. The molecule has 4 nitrogen and oxygen atoms in total. The van der Waals surface area contributed by atoms with Crippen molar-refractivity contribution >= 4 is 21.6 Å². The number of nitrogens with zero attached hydrogens (tertiary/aromatic N) is 3. The summed E-state index contributed by atoms with van der Waals surface area (Å²) < 4.78 is 14.8. The zero-order valence-corrected chi connectivity index (χ0v) is 15.3. The van der Waals surface area contributed by atoms with Crippen LogP contribution in [0.1, 0.15) is 16.0 Å². The summed E-state index contributed by atoms with van der Waals surface area (Å²) >= 11 is 1.44. The highest BCUT2D eigenvalue weighted by Crippen LogP contribution is 2.35. The summed E-state index contributed by atoms with van der Waals surface area (Å²) in [7, 11) is 0. The SMILES string of the molecule is Cc1sc2ncn(Cc3ccccc3C#N)c(=O)c2c1-c1ccc(F)cc1. The molecule has 0 aliphatic carbocycles. The van der Waals surface area contributed by atoms with Crippen molar-refractivity contribution in [2.75, 3.05) is 0 Å². The maximum Gasteiger partial charge on any atom is 0.263 e. The molecule has 0 fully saturated rings. The van der Waals surface area contributed by atoms with Gasteiger partial charge in [0, 0.05) is 10.4 Å². The van der Waals surface area contributed by atoms with Gasteiger partial charge in [-0.3, -0.25) is 9.36 Å². The Balaban J connectivity index is 1.89. The van der Waals surface area contributed by atoms with Crippen LogP contribution < -0.4 is 5.56 Å². The number of thiophene rings is 1. The molecule has 2 aromatic carbocycles. The van der Waals surface area contributed by atoms with Gasteiger partial charge in [-0.05, 0) is 36.2 Å². The number of rotatable bonds is 3. The van der Waals surface area contributed by atoms with Crippen molar-refractivity contribution < 1.29 is 4.39 Å². The lowest BCUT2D eigenvalue weighted by atomic mass is 10.0. The number of benzene rings is 2. The van der Waals surface area contributed by atoms with E-state index in [-0.39, 0.29) is 17.9 Å². The second-order valence-corrected chi connectivity index (χ2v) is 7.37. The highest BCUT2D eigenvalue weighted by Gasteiger charge is 2.17. The van der Waals surface area contributed by atoms with E-state index in [0.29, 0.717) is 15.8 Å². The highest BCUT2D eigenvalue weighted by atomic mass is 32.1. The molecule has 27 heavy (non-hydrogen) atoms. The Hall–Kier alpha value is -3.30. The van der Waals surface area contributed by atoms with Crippen LogP contribution in [0.4, 0.5) is 4.39 Å². The largest absolute Gasteiger partial charge is 0.294 e. The average Bonchev–Trinajstić information content (AvgIpc) is 3.02. The van der Waals surface area contributed by atoms with Crippen LogP contribution in [0.25, 0.3) is 21.3 Å². The third-order valence-corrected chi connectivity index (χ3v) is 5.48. The summed E-state index contributed by atoms with van der Waals surface area (Å²) in [6.07, 6.45) is 1.52. The molecule has 0 saturated heterocycles. The number of aryl methyl sites for hydroxylation is 1. The number of halogens is 1. The molecule has 0 aliphatic rings. The molecule has 0 spiro atoms. The van der Waals surface area contributed by atoms with Gasteiger partial charge in [-0.1, -0.05) is 30.3 Å². The predicted molar refractivity (Wildman–Crippen MR) is 104 cm³/mol. The number of aromatic nitrogens is 2. The van der Waals surface area contributed by atoms with Crippen LogP contribution in [0.2, 0.25) is 0 Å². The Kier molecular flexibility index (Phi) is 4.30. The first kappa shape index (κ1) is 17.1. The summed E-state index contributed by atoms with van der Waals surface area (Å²) in [4.78, 5) is 19.2. The van der Waals surface area contributed by atoms with E-state index in [1.807, 2.05) is 19.1 Å². The van der Waals surface area contributed by atoms with Crippen molar-refractivity contribution in [1.29, 1.82) is 5.26 Å². The fraction of sp³-hybridized carbons (Fsp3) is 0.0952. The van der Waals surface area contributed by atoms with Gasteiger partial charge in [0.15, 0.2) is 0 Å². The number of nitriles is 1. The molecule has 6 heteroatoms. The van der Waals surface area contributed by atoms with Gasteiger partial charge in [-0.15, -0.1) is 11.3 Å². The molecule has 0 unspecified atom stereocenters. The van der Waals surface area contributed by atoms with Gasteiger partial charge in [0.05, 0.1) is 29.9 Å². The molecule has 0 amide bonds. The minimum absolute atomic E-state index is 0.170. The van der Waals surface area contributed by atoms with Gasteiger partial charge in [0.25, 0.3) is 5.56 Å². The summed E-state index contributed by atoms with van der Waals surface area (Å²) in [5.41, 5.74) is 2.70. The van der Waals surface area contributed by atoms with Crippen LogP contribution in [0, 0.1) is 24.1 Å². The maximum atomic E-state index is 13.3. The summed E-state index contributed by atoms with van der Waals surface area (Å²) in [6.45, 7) is 2.20. The van der Waals surface area contributed by atoms with Crippen molar-refractivity contribution in [1.82, 2.24) is 9.55 Å². The Morgan fingerprint density at radius 1 is 1.19 bits per heavy atom. The van der Waals surface area contributed by atoms with Crippen LogP contribution in [0.5, 0.6) is 0 Å². The fourth-order valence-electron chi connectivity index (χ4n) is 3.17. The summed E-state index contributed by atoms with van der Waals surface area (Å²) in [6, 6.07) is 15.5. The smallest absolute Gasteiger partial charge is 0.263 e. The van der Waals surface area contributed by atoms with E-state index in [0.717, 1.165) is 21.6 Å². The first-order chi connectivity index (χ1) is 13.1. The van der Waals surface area contributed by atoms with E-state index < -0.39 is 0 Å². The van der Waals surface area contributed by atoms with E-state index in [4.69, 9.17) is 0 Å². The lowest BCUT2D eigenvalue weighted by Gasteiger charge is -2.08. The molecule has 0 bridgehead atoms. The number of fused-ring (bicyclic) bond motifs is 1. The molecule has 0 atom stereocenters. The van der Waals surface area contributed by atoms with Crippen LogP contribution in [0.3, 0.4) is 0 Å². The fourth-order valence-corrected chi connectivity index (χ4v) is 4.17. The first-order valence-electron chi connectivity index (χ1n) is 8.31. The molecule has 132 valence electrons. The van der Waals surface area contributed by atoms with Gasteiger partial charge in [0.2, 0.25) is 0 Å². The van der Waals surface area contributed by atoms with E-state index in [1.54, 1.807) is 24.3 Å². The van der Waals surface area contributed by atoms with Crippen LogP contribution in [0.15, 0.2) is 59.7 Å². The minimum atomic E-state index is -0.320. The Morgan fingerprint density at radius 3 is 2.67 bits per heavy atom. The normalized spacial score (nSPS) is 10.9. The van der Waals surface area contributed by atoms with Gasteiger partial charge < -0.3 is 0 Å². The van der Waals surface area contributed by atoms with Crippen molar-refractivity contribution in [2.45, 2.75) is 13.5 Å². The Bertz CT molecular complexity index is 1250. The maximum absolute atomic E-state index is 13.3. The first-order valence-corrected chi connectivity index (χ1v) is 9.12. The Labute approximate surface area is 158 Å². The molecular weight excluding hydrogens is 361 g/mol. The molecular formula is C21H14FN3OS. The quantitative estimate of drug-likeness (QED) is 0.530. The van der Waals surface area contributed by atoms with E-state index in [2.05, 4.69) is 11.1 Å². The highest BCUT2D eigenvalue weighted by molar-refractivity contribution is 7.19. The lowest BCUT2D eigenvalue weighted by Crippen LogP contribution is -2.21. The third-order valence-electron chi connectivity index (χ3n) is 4.47. The standard InChI is InChI=1S/C21H14FN3OS/c1-13-18(14-6-8-17(22)9-7-14)19-20(27-13)24-12-25(21(19)26)11-16-5-3-2-4-15(16)10-23/h2-9,12H,11H2,1H3. The molecule has 0 N–H and O–H groups in total.